The molecule has 94 valence electrons. The van der Waals surface area contributed by atoms with E-state index >= 15 is 0 Å². The lowest BCUT2D eigenvalue weighted by atomic mass is 9.83. The molecule has 0 unspecified atom stereocenters. The second kappa shape index (κ2) is 5.72. The fourth-order valence-corrected chi connectivity index (χ4v) is 2.68. The van der Waals surface area contributed by atoms with Gasteiger partial charge in [-0.05, 0) is 36.8 Å². The maximum absolute atomic E-state index is 13.5. The number of rotatable bonds is 3. The van der Waals surface area contributed by atoms with Crippen LogP contribution in [0.5, 0.6) is 0 Å². The standard InChI is InChI=1S/C14H19ClFN/c1-10-5-7-11(8-6-10)9-17-14-12(15)3-2-4-13(14)16/h2-4,10-11,17H,5-9H2,1H3. The minimum Gasteiger partial charge on any atom is -0.381 e. The normalized spacial score (nSPS) is 24.6. The van der Waals surface area contributed by atoms with Crippen molar-refractivity contribution < 1.29 is 4.39 Å². The Hall–Kier alpha value is -0.760. The van der Waals surface area contributed by atoms with Crippen molar-refractivity contribution >= 4 is 17.3 Å². The highest BCUT2D eigenvalue weighted by Crippen LogP contribution is 2.30. The molecular formula is C14H19ClFN. The molecule has 3 heteroatoms. The lowest BCUT2D eigenvalue weighted by Crippen LogP contribution is -2.20. The van der Waals surface area contributed by atoms with E-state index in [9.17, 15) is 4.39 Å². The van der Waals surface area contributed by atoms with Crippen molar-refractivity contribution in [3.63, 3.8) is 0 Å². The van der Waals surface area contributed by atoms with Crippen LogP contribution in [0.3, 0.4) is 0 Å². The average molecular weight is 256 g/mol. The topological polar surface area (TPSA) is 12.0 Å². The number of hydrogen-bond acceptors (Lipinski definition) is 1. The van der Waals surface area contributed by atoms with E-state index in [4.69, 9.17) is 11.6 Å². The van der Waals surface area contributed by atoms with Gasteiger partial charge in [0.25, 0.3) is 0 Å². The molecule has 1 aliphatic rings. The van der Waals surface area contributed by atoms with E-state index in [1.165, 1.54) is 31.7 Å². The van der Waals surface area contributed by atoms with E-state index in [1.54, 1.807) is 12.1 Å². The molecule has 0 amide bonds. The van der Waals surface area contributed by atoms with Crippen LogP contribution in [0.2, 0.25) is 5.02 Å². The predicted octanol–water partition coefficient (Wildman–Crippen LogP) is 4.72. The first kappa shape index (κ1) is 12.7. The third-order valence-corrected chi connectivity index (χ3v) is 3.98. The van der Waals surface area contributed by atoms with E-state index in [0.717, 1.165) is 12.5 Å². The van der Waals surface area contributed by atoms with Gasteiger partial charge < -0.3 is 5.32 Å². The summed E-state index contributed by atoms with van der Waals surface area (Å²) in [6, 6.07) is 4.79. The van der Waals surface area contributed by atoms with Crippen LogP contribution < -0.4 is 5.32 Å². The Kier molecular flexibility index (Phi) is 4.27. The Labute approximate surface area is 107 Å². The van der Waals surface area contributed by atoms with Crippen molar-refractivity contribution in [2.75, 3.05) is 11.9 Å². The summed E-state index contributed by atoms with van der Waals surface area (Å²) >= 11 is 5.97. The van der Waals surface area contributed by atoms with Crippen molar-refractivity contribution in [3.05, 3.63) is 29.0 Å². The SMILES string of the molecule is CC1CCC(CNc2c(F)cccc2Cl)CC1. The molecule has 0 radical (unpaired) electrons. The Balaban J connectivity index is 1.89. The lowest BCUT2D eigenvalue weighted by Gasteiger charge is -2.26. The zero-order valence-corrected chi connectivity index (χ0v) is 10.9. The number of anilines is 1. The summed E-state index contributed by atoms with van der Waals surface area (Å²) in [4.78, 5) is 0. The first-order valence-corrected chi connectivity index (χ1v) is 6.72. The van der Waals surface area contributed by atoms with E-state index in [2.05, 4.69) is 12.2 Å². The van der Waals surface area contributed by atoms with E-state index in [-0.39, 0.29) is 5.82 Å². The molecule has 0 bridgehead atoms. The van der Waals surface area contributed by atoms with Crippen LogP contribution >= 0.6 is 11.6 Å². The number of halogens is 2. The number of hydrogen-bond donors (Lipinski definition) is 1. The zero-order chi connectivity index (χ0) is 12.3. The molecule has 1 fully saturated rings. The summed E-state index contributed by atoms with van der Waals surface area (Å²) in [5.74, 6) is 1.24. The van der Waals surface area contributed by atoms with Gasteiger partial charge in [-0.15, -0.1) is 0 Å². The van der Waals surface area contributed by atoms with Crippen LogP contribution in [0.25, 0.3) is 0 Å². The van der Waals surface area contributed by atoms with Gasteiger partial charge in [0, 0.05) is 6.54 Å². The average Bonchev–Trinajstić information content (AvgIpc) is 2.31. The third kappa shape index (κ3) is 3.35. The maximum Gasteiger partial charge on any atom is 0.147 e. The van der Waals surface area contributed by atoms with Crippen LogP contribution in [0.15, 0.2) is 18.2 Å². The van der Waals surface area contributed by atoms with Gasteiger partial charge in [-0.3, -0.25) is 0 Å². The van der Waals surface area contributed by atoms with Crippen molar-refractivity contribution in [1.82, 2.24) is 0 Å². The summed E-state index contributed by atoms with van der Waals surface area (Å²) in [5, 5.41) is 3.63. The molecule has 1 aliphatic carbocycles. The van der Waals surface area contributed by atoms with Gasteiger partial charge in [0.15, 0.2) is 0 Å². The van der Waals surface area contributed by atoms with Crippen molar-refractivity contribution in [2.45, 2.75) is 32.6 Å². The predicted molar refractivity (Wildman–Crippen MR) is 71.0 cm³/mol. The quantitative estimate of drug-likeness (QED) is 0.824. The number of nitrogens with one attached hydrogen (secondary N) is 1. The Bertz CT molecular complexity index is 352. The fraction of sp³-hybridized carbons (Fsp3) is 0.571. The Morgan fingerprint density at radius 3 is 2.65 bits per heavy atom. The zero-order valence-electron chi connectivity index (χ0n) is 10.2. The maximum atomic E-state index is 13.5. The highest BCUT2D eigenvalue weighted by Gasteiger charge is 2.18. The van der Waals surface area contributed by atoms with Crippen LogP contribution in [0, 0.1) is 17.7 Å². The van der Waals surface area contributed by atoms with Crippen molar-refractivity contribution in [2.24, 2.45) is 11.8 Å². The van der Waals surface area contributed by atoms with Gasteiger partial charge in [-0.1, -0.05) is 37.4 Å². The van der Waals surface area contributed by atoms with Gasteiger partial charge in [0.2, 0.25) is 0 Å². The second-order valence-electron chi connectivity index (χ2n) is 5.10. The first-order chi connectivity index (χ1) is 8.16. The molecule has 1 aromatic rings. The van der Waals surface area contributed by atoms with Gasteiger partial charge in [-0.2, -0.15) is 0 Å². The number of para-hydroxylation sites is 1. The summed E-state index contributed by atoms with van der Waals surface area (Å²) in [5.41, 5.74) is 0.452. The molecule has 0 heterocycles. The minimum atomic E-state index is -0.262. The van der Waals surface area contributed by atoms with E-state index in [1.807, 2.05) is 0 Å². The first-order valence-electron chi connectivity index (χ1n) is 6.34. The second-order valence-corrected chi connectivity index (χ2v) is 5.51. The van der Waals surface area contributed by atoms with Crippen LogP contribution in [-0.2, 0) is 0 Å². The highest BCUT2D eigenvalue weighted by atomic mass is 35.5. The third-order valence-electron chi connectivity index (χ3n) is 3.67. The summed E-state index contributed by atoms with van der Waals surface area (Å²) in [6.07, 6.45) is 5.05. The smallest absolute Gasteiger partial charge is 0.147 e. The van der Waals surface area contributed by atoms with Crippen LogP contribution in [0.1, 0.15) is 32.6 Å². The fourth-order valence-electron chi connectivity index (χ4n) is 2.45. The molecule has 0 spiro atoms. The van der Waals surface area contributed by atoms with Crippen LogP contribution in [-0.4, -0.2) is 6.54 Å². The van der Waals surface area contributed by atoms with Crippen molar-refractivity contribution in [3.8, 4) is 0 Å². The molecule has 0 aromatic heterocycles. The van der Waals surface area contributed by atoms with E-state index < -0.39 is 0 Å². The Morgan fingerprint density at radius 1 is 1.29 bits per heavy atom. The molecule has 1 nitrogen and oxygen atoms in total. The molecule has 0 aliphatic heterocycles. The largest absolute Gasteiger partial charge is 0.381 e. The molecule has 2 rings (SSSR count). The van der Waals surface area contributed by atoms with Gasteiger partial charge in [0.1, 0.15) is 5.82 Å². The Morgan fingerprint density at radius 2 is 2.00 bits per heavy atom. The van der Waals surface area contributed by atoms with Gasteiger partial charge >= 0.3 is 0 Å². The number of benzene rings is 1. The van der Waals surface area contributed by atoms with Gasteiger partial charge in [0.05, 0.1) is 10.7 Å². The summed E-state index contributed by atoms with van der Waals surface area (Å²) < 4.78 is 13.5. The summed E-state index contributed by atoms with van der Waals surface area (Å²) in [6.45, 7) is 3.13. The molecule has 1 aromatic carbocycles. The van der Waals surface area contributed by atoms with Gasteiger partial charge in [-0.25, -0.2) is 4.39 Å². The molecule has 0 atom stereocenters. The molecular weight excluding hydrogens is 237 g/mol. The summed E-state index contributed by atoms with van der Waals surface area (Å²) in [7, 11) is 0. The molecule has 1 saturated carbocycles. The minimum absolute atomic E-state index is 0.262. The monoisotopic (exact) mass is 255 g/mol. The highest BCUT2D eigenvalue weighted by molar-refractivity contribution is 6.33. The van der Waals surface area contributed by atoms with Crippen molar-refractivity contribution in [1.29, 1.82) is 0 Å². The van der Waals surface area contributed by atoms with Crippen LogP contribution in [0.4, 0.5) is 10.1 Å². The molecule has 1 N–H and O–H groups in total. The molecule has 17 heavy (non-hydrogen) atoms. The molecule has 0 saturated heterocycles. The lowest BCUT2D eigenvalue weighted by molar-refractivity contribution is 0.300. The van der Waals surface area contributed by atoms with E-state index in [0.29, 0.717) is 16.6 Å².